The van der Waals surface area contributed by atoms with E-state index >= 15 is 0 Å². The molecule has 1 saturated carbocycles. The first-order chi connectivity index (χ1) is 11.9. The van der Waals surface area contributed by atoms with E-state index in [2.05, 4.69) is 52.9 Å². The van der Waals surface area contributed by atoms with Gasteiger partial charge in [-0.2, -0.15) is 4.98 Å². The zero-order valence-electron chi connectivity index (χ0n) is 14.0. The second-order valence-corrected chi connectivity index (χ2v) is 7.09. The van der Waals surface area contributed by atoms with Crippen molar-refractivity contribution in [3.05, 3.63) is 48.4 Å². The number of hydrogen-bond donors (Lipinski definition) is 1. The molecule has 3 atom stereocenters. The van der Waals surface area contributed by atoms with Gasteiger partial charge in [-0.25, -0.2) is 0 Å². The molecule has 25 heavy (non-hydrogen) atoms. The van der Waals surface area contributed by atoms with E-state index in [1.165, 1.54) is 36.5 Å². The number of fused-ring (bicyclic) bond motifs is 2. The van der Waals surface area contributed by atoms with Gasteiger partial charge < -0.3 is 9.84 Å². The highest BCUT2D eigenvalue weighted by molar-refractivity contribution is 5.94. The quantitative estimate of drug-likeness (QED) is 0.710. The maximum Gasteiger partial charge on any atom is 0.244 e. The molecule has 130 valence electrons. The Morgan fingerprint density at radius 1 is 1.00 bits per heavy atom. The first-order valence-corrected chi connectivity index (χ1v) is 8.96. The molecule has 1 N–H and O–H groups in total. The molecule has 1 saturated heterocycles. The fraction of sp³-hybridized carbons (Fsp3) is 0.400. The summed E-state index contributed by atoms with van der Waals surface area (Å²) >= 11 is 0. The van der Waals surface area contributed by atoms with Crippen molar-refractivity contribution < 1.29 is 4.52 Å². The maximum atomic E-state index is 5.63. The molecule has 2 heterocycles. The molecule has 1 aliphatic carbocycles. The van der Waals surface area contributed by atoms with Gasteiger partial charge in [-0.05, 0) is 36.0 Å². The van der Waals surface area contributed by atoms with Crippen molar-refractivity contribution in [3.63, 3.8) is 0 Å². The summed E-state index contributed by atoms with van der Waals surface area (Å²) in [4.78, 5) is 4.73. The van der Waals surface area contributed by atoms with E-state index < -0.39 is 0 Å². The normalized spacial score (nSPS) is 25.5. The number of nitrogens with one attached hydrogen (secondary N) is 1. The van der Waals surface area contributed by atoms with Crippen molar-refractivity contribution in [1.29, 1.82) is 0 Å². The number of halogens is 1. The lowest BCUT2D eigenvalue weighted by atomic mass is 9.85. The van der Waals surface area contributed by atoms with Crippen molar-refractivity contribution in [2.45, 2.75) is 44.2 Å². The fourth-order valence-electron chi connectivity index (χ4n) is 4.42. The number of nitrogens with zero attached hydrogens (tertiary/aromatic N) is 2. The van der Waals surface area contributed by atoms with Crippen LogP contribution in [0.4, 0.5) is 0 Å². The third-order valence-electron chi connectivity index (χ3n) is 5.63. The predicted octanol–water partition coefficient (Wildman–Crippen LogP) is 4.90. The van der Waals surface area contributed by atoms with Crippen LogP contribution in [0, 0.1) is 5.92 Å². The lowest BCUT2D eigenvalue weighted by molar-refractivity contribution is 0.324. The molecule has 0 spiro atoms. The van der Waals surface area contributed by atoms with Gasteiger partial charge in [0.1, 0.15) is 0 Å². The summed E-state index contributed by atoms with van der Waals surface area (Å²) in [5.74, 6) is 2.21. The van der Waals surface area contributed by atoms with Crippen LogP contribution >= 0.6 is 12.4 Å². The van der Waals surface area contributed by atoms with Crippen LogP contribution in [0.3, 0.4) is 0 Å². The summed E-state index contributed by atoms with van der Waals surface area (Å²) in [6.45, 7) is 0. The molecule has 1 aliphatic heterocycles. The molecule has 0 bridgehead atoms. The van der Waals surface area contributed by atoms with Gasteiger partial charge >= 0.3 is 0 Å². The lowest BCUT2D eigenvalue weighted by Crippen LogP contribution is -2.30. The Labute approximate surface area is 153 Å². The van der Waals surface area contributed by atoms with Crippen molar-refractivity contribution in [3.8, 4) is 11.4 Å². The van der Waals surface area contributed by atoms with Crippen LogP contribution < -0.4 is 5.32 Å². The van der Waals surface area contributed by atoms with Gasteiger partial charge in [0.2, 0.25) is 11.7 Å². The van der Waals surface area contributed by atoms with E-state index in [9.17, 15) is 0 Å². The topological polar surface area (TPSA) is 51.0 Å². The van der Waals surface area contributed by atoms with Gasteiger partial charge in [0.05, 0.1) is 6.04 Å². The fourth-order valence-corrected chi connectivity index (χ4v) is 4.42. The molecule has 2 aliphatic rings. The minimum absolute atomic E-state index is 0. The van der Waals surface area contributed by atoms with E-state index in [1.54, 1.807) is 0 Å². The number of rotatable bonds is 2. The standard InChI is InChI=1S/C20H21N3O.ClH/c1-3-9-15-13(6-1)8-5-10-16(15)19-22-20(24-23-19)18-12-14-7-2-4-11-17(14)21-18;/h1,3,5-6,8-10,14,17-18,21H,2,4,7,11-12H2;1H. The molecule has 0 radical (unpaired) electrons. The highest BCUT2D eigenvalue weighted by Gasteiger charge is 2.38. The van der Waals surface area contributed by atoms with Crippen molar-refractivity contribution in [2.24, 2.45) is 5.92 Å². The molecule has 1 aromatic heterocycles. The SMILES string of the molecule is Cl.c1ccc2c(-c3noc(C4CC5CCCCC5N4)n3)cccc2c1. The third kappa shape index (κ3) is 2.94. The van der Waals surface area contributed by atoms with Crippen LogP contribution in [0.1, 0.15) is 44.0 Å². The Morgan fingerprint density at radius 3 is 2.76 bits per heavy atom. The Hall–Kier alpha value is -1.91. The minimum Gasteiger partial charge on any atom is -0.337 e. The predicted molar refractivity (Wildman–Crippen MR) is 101 cm³/mol. The van der Waals surface area contributed by atoms with E-state index in [1.807, 2.05) is 0 Å². The smallest absolute Gasteiger partial charge is 0.244 e. The second kappa shape index (κ2) is 6.77. The van der Waals surface area contributed by atoms with Crippen LogP contribution in [-0.4, -0.2) is 16.2 Å². The maximum absolute atomic E-state index is 5.63. The van der Waals surface area contributed by atoms with Crippen LogP contribution in [0.2, 0.25) is 0 Å². The second-order valence-electron chi connectivity index (χ2n) is 7.09. The van der Waals surface area contributed by atoms with Gasteiger partial charge in [0, 0.05) is 11.6 Å². The summed E-state index contributed by atoms with van der Waals surface area (Å²) < 4.78 is 5.63. The van der Waals surface area contributed by atoms with E-state index in [0.717, 1.165) is 23.8 Å². The first kappa shape index (κ1) is 16.6. The van der Waals surface area contributed by atoms with E-state index in [0.29, 0.717) is 11.9 Å². The van der Waals surface area contributed by atoms with Crippen molar-refractivity contribution in [1.82, 2.24) is 15.5 Å². The largest absolute Gasteiger partial charge is 0.337 e. The van der Waals surface area contributed by atoms with Crippen LogP contribution in [0.25, 0.3) is 22.2 Å². The summed E-state index contributed by atoms with van der Waals surface area (Å²) in [6.07, 6.45) is 6.44. The summed E-state index contributed by atoms with van der Waals surface area (Å²) in [5, 5.41) is 10.4. The van der Waals surface area contributed by atoms with Gasteiger partial charge in [-0.3, -0.25) is 0 Å². The molecule has 2 fully saturated rings. The number of hydrogen-bond acceptors (Lipinski definition) is 4. The average molecular weight is 356 g/mol. The summed E-state index contributed by atoms with van der Waals surface area (Å²) in [7, 11) is 0. The van der Waals surface area contributed by atoms with E-state index in [-0.39, 0.29) is 18.4 Å². The molecular weight excluding hydrogens is 334 g/mol. The molecule has 0 amide bonds. The minimum atomic E-state index is 0. The van der Waals surface area contributed by atoms with Gasteiger partial charge in [0.15, 0.2) is 0 Å². The zero-order valence-corrected chi connectivity index (χ0v) is 14.8. The molecule has 4 nitrogen and oxygen atoms in total. The van der Waals surface area contributed by atoms with Gasteiger partial charge in [-0.15, -0.1) is 12.4 Å². The summed E-state index contributed by atoms with van der Waals surface area (Å²) in [6, 6.07) is 15.4. The zero-order chi connectivity index (χ0) is 15.9. The summed E-state index contributed by atoms with van der Waals surface area (Å²) in [5.41, 5.74) is 1.04. The average Bonchev–Trinajstić information content (AvgIpc) is 3.28. The Balaban J connectivity index is 0.00000157. The van der Waals surface area contributed by atoms with Crippen LogP contribution in [0.15, 0.2) is 47.0 Å². The Kier molecular flexibility index (Phi) is 4.48. The number of aromatic nitrogens is 2. The molecule has 3 aromatic rings. The number of benzene rings is 2. The lowest BCUT2D eigenvalue weighted by Gasteiger charge is -2.24. The molecular formula is C20H22ClN3O. The molecule has 2 aromatic carbocycles. The Bertz CT molecular complexity index is 859. The molecule has 5 heteroatoms. The van der Waals surface area contributed by atoms with Crippen LogP contribution in [-0.2, 0) is 0 Å². The van der Waals surface area contributed by atoms with Crippen molar-refractivity contribution in [2.75, 3.05) is 0 Å². The van der Waals surface area contributed by atoms with Crippen LogP contribution in [0.5, 0.6) is 0 Å². The first-order valence-electron chi connectivity index (χ1n) is 8.96. The highest BCUT2D eigenvalue weighted by atomic mass is 35.5. The molecule has 5 rings (SSSR count). The van der Waals surface area contributed by atoms with Gasteiger partial charge in [-0.1, -0.05) is 60.5 Å². The van der Waals surface area contributed by atoms with E-state index in [4.69, 9.17) is 9.51 Å². The highest BCUT2D eigenvalue weighted by Crippen LogP contribution is 2.39. The Morgan fingerprint density at radius 2 is 1.84 bits per heavy atom. The monoisotopic (exact) mass is 355 g/mol. The van der Waals surface area contributed by atoms with Gasteiger partial charge in [0.25, 0.3) is 0 Å². The molecule has 3 unspecified atom stereocenters. The van der Waals surface area contributed by atoms with Crippen molar-refractivity contribution >= 4 is 23.2 Å². The third-order valence-corrected chi connectivity index (χ3v) is 5.63.